The summed E-state index contributed by atoms with van der Waals surface area (Å²) in [7, 11) is 0. The first-order valence-electron chi connectivity index (χ1n) is 8.10. The van der Waals surface area contributed by atoms with Crippen LogP contribution in [0.15, 0.2) is 43.0 Å². The van der Waals surface area contributed by atoms with Crippen LogP contribution in [0.5, 0.6) is 0 Å². The van der Waals surface area contributed by atoms with Crippen molar-refractivity contribution < 1.29 is 13.6 Å². The third-order valence-corrected chi connectivity index (χ3v) is 3.95. The molecule has 0 radical (unpaired) electrons. The Morgan fingerprint density at radius 3 is 2.50 bits per heavy atom. The summed E-state index contributed by atoms with van der Waals surface area (Å²) < 4.78 is 25.2. The summed E-state index contributed by atoms with van der Waals surface area (Å²) in [5, 5.41) is 3.04. The van der Waals surface area contributed by atoms with Crippen molar-refractivity contribution in [2.75, 3.05) is 36.4 Å². The van der Waals surface area contributed by atoms with Crippen molar-refractivity contribution in [3.63, 3.8) is 0 Å². The third kappa shape index (κ3) is 4.29. The van der Waals surface area contributed by atoms with Gasteiger partial charge in [-0.2, -0.15) is 0 Å². The van der Waals surface area contributed by atoms with Crippen molar-refractivity contribution in [2.24, 2.45) is 0 Å². The van der Waals surface area contributed by atoms with Crippen LogP contribution in [0.25, 0.3) is 0 Å². The molecule has 0 atom stereocenters. The zero-order chi connectivity index (χ0) is 18.4. The van der Waals surface area contributed by atoms with Crippen LogP contribution in [0.3, 0.4) is 0 Å². The van der Waals surface area contributed by atoms with Gasteiger partial charge in [0, 0.05) is 56.5 Å². The Hall–Kier alpha value is -3.10. The molecule has 7 nitrogen and oxygen atoms in total. The topological polar surface area (TPSA) is 74.2 Å². The normalized spacial score (nSPS) is 14.9. The molecule has 1 N–H and O–H groups in total. The number of halogens is 2. The van der Waals surface area contributed by atoms with Crippen LogP contribution in [0.4, 0.5) is 26.2 Å². The minimum Gasteiger partial charge on any atom is -0.374 e. The van der Waals surface area contributed by atoms with Gasteiger partial charge in [0.1, 0.15) is 12.1 Å². The van der Waals surface area contributed by atoms with Crippen LogP contribution in [0.2, 0.25) is 0 Å². The van der Waals surface area contributed by atoms with Crippen LogP contribution in [-0.4, -0.2) is 52.3 Å². The lowest BCUT2D eigenvalue weighted by Gasteiger charge is -2.35. The van der Waals surface area contributed by atoms with Gasteiger partial charge in [-0.15, -0.1) is 0 Å². The lowest BCUT2D eigenvalue weighted by Crippen LogP contribution is -2.44. The summed E-state index contributed by atoms with van der Waals surface area (Å²) in [6.45, 7) is 2.94. The molecule has 1 saturated heterocycles. The number of pyridine rings is 1. The van der Waals surface area contributed by atoms with Crippen LogP contribution >= 0.6 is 0 Å². The molecule has 0 saturated carbocycles. The number of alkyl halides is 2. The van der Waals surface area contributed by atoms with Crippen molar-refractivity contribution in [1.29, 1.82) is 0 Å². The molecular weight excluding hydrogens is 342 g/mol. The van der Waals surface area contributed by atoms with Gasteiger partial charge in [0.25, 0.3) is 6.43 Å². The predicted octanol–water partition coefficient (Wildman–Crippen LogP) is 2.39. The molecular formula is C17H18F2N6O. The molecule has 2 aromatic rings. The average molecular weight is 360 g/mol. The average Bonchev–Trinajstić information content (AvgIpc) is 2.68. The van der Waals surface area contributed by atoms with Gasteiger partial charge in [-0.25, -0.2) is 23.7 Å². The summed E-state index contributed by atoms with van der Waals surface area (Å²) in [5.74, 6) is 1.61. The molecule has 9 heteroatoms. The number of hydrogen-bond acceptors (Lipinski definition) is 7. The molecule has 3 heterocycles. The van der Waals surface area contributed by atoms with Gasteiger partial charge in [-0.05, 0) is 18.2 Å². The zero-order valence-electron chi connectivity index (χ0n) is 13.9. The number of carbonyl (C=O) groups excluding carboxylic acids is 1. The van der Waals surface area contributed by atoms with Crippen molar-refractivity contribution in [2.45, 2.75) is 6.43 Å². The van der Waals surface area contributed by atoms with E-state index >= 15 is 0 Å². The molecule has 1 aliphatic heterocycles. The minimum atomic E-state index is -2.55. The van der Waals surface area contributed by atoms with E-state index in [9.17, 15) is 13.6 Å². The van der Waals surface area contributed by atoms with Gasteiger partial charge in [0.05, 0.1) is 0 Å². The Morgan fingerprint density at radius 1 is 1.08 bits per heavy atom. The first-order valence-corrected chi connectivity index (χ1v) is 8.10. The van der Waals surface area contributed by atoms with Crippen LogP contribution in [0, 0.1) is 0 Å². The molecule has 0 aliphatic carbocycles. The molecule has 0 unspecified atom stereocenters. The highest BCUT2D eigenvalue weighted by molar-refractivity contribution is 5.67. The molecule has 0 bridgehead atoms. The second kappa shape index (κ2) is 8.32. The Labute approximate surface area is 149 Å². The number of piperazine rings is 1. The van der Waals surface area contributed by atoms with Crippen LogP contribution in [0.1, 0.15) is 12.0 Å². The summed E-state index contributed by atoms with van der Waals surface area (Å²) in [6, 6.07) is 2.82. The lowest BCUT2D eigenvalue weighted by atomic mass is 10.3. The van der Waals surface area contributed by atoms with Crippen molar-refractivity contribution in [3.05, 3.63) is 48.6 Å². The maximum Gasteiger partial charge on any atom is 0.265 e. The highest BCUT2D eigenvalue weighted by atomic mass is 19.3. The van der Waals surface area contributed by atoms with Crippen molar-refractivity contribution in [1.82, 2.24) is 19.9 Å². The fourth-order valence-corrected chi connectivity index (χ4v) is 2.62. The number of nitrogens with zero attached hydrogens (tertiary/aromatic N) is 5. The number of nitrogens with one attached hydrogen (secondary N) is 1. The molecule has 26 heavy (non-hydrogen) atoms. The highest BCUT2D eigenvalue weighted by Gasteiger charge is 2.19. The van der Waals surface area contributed by atoms with Crippen molar-refractivity contribution in [3.8, 4) is 0 Å². The maximum atomic E-state index is 12.6. The Kier molecular flexibility index (Phi) is 5.67. The summed E-state index contributed by atoms with van der Waals surface area (Å²) in [4.78, 5) is 27.2. The lowest BCUT2D eigenvalue weighted by molar-refractivity contribution is -0.104. The fraction of sp³-hybridized carbons (Fsp3) is 0.294. The van der Waals surface area contributed by atoms with E-state index in [0.29, 0.717) is 30.5 Å². The SMILES string of the molecule is O=CC=CN1CCN(c2nccnc2Nc2ccc(C(F)F)cn2)CC1. The standard InChI is InChI=1S/C17H18F2N6O/c18-15(19)13-2-3-14(22-12-13)23-16-17(21-5-4-20-16)25-9-7-24(8-10-25)6-1-11-26/h1-6,11-12,15H,7-10H2,(H,20,22,23). The second-order valence-electron chi connectivity index (χ2n) is 5.63. The fourth-order valence-electron chi connectivity index (χ4n) is 2.62. The van der Waals surface area contributed by atoms with Gasteiger partial charge in [-0.3, -0.25) is 4.79 Å². The quantitative estimate of drug-likeness (QED) is 0.626. The van der Waals surface area contributed by atoms with E-state index in [4.69, 9.17) is 0 Å². The molecule has 0 amide bonds. The molecule has 0 spiro atoms. The van der Waals surface area contributed by atoms with E-state index in [2.05, 4.69) is 30.1 Å². The van der Waals surface area contributed by atoms with E-state index in [1.807, 2.05) is 0 Å². The van der Waals surface area contributed by atoms with E-state index < -0.39 is 6.43 Å². The summed E-state index contributed by atoms with van der Waals surface area (Å²) >= 11 is 0. The summed E-state index contributed by atoms with van der Waals surface area (Å²) in [6.07, 6.45) is 5.75. The predicted molar refractivity (Wildman–Crippen MR) is 93.5 cm³/mol. The number of aldehydes is 1. The Bertz CT molecular complexity index is 760. The first-order chi connectivity index (χ1) is 12.7. The van der Waals surface area contributed by atoms with E-state index in [1.54, 1.807) is 18.6 Å². The van der Waals surface area contributed by atoms with Gasteiger partial charge in [-0.1, -0.05) is 0 Å². The molecule has 3 rings (SSSR count). The first kappa shape index (κ1) is 17.7. The monoisotopic (exact) mass is 360 g/mol. The number of rotatable bonds is 6. The number of carbonyl (C=O) groups is 1. The third-order valence-electron chi connectivity index (χ3n) is 3.95. The Balaban J connectivity index is 1.70. The van der Waals surface area contributed by atoms with E-state index in [-0.39, 0.29) is 5.56 Å². The molecule has 136 valence electrons. The summed E-state index contributed by atoms with van der Waals surface area (Å²) in [5.41, 5.74) is -0.130. The van der Waals surface area contributed by atoms with Gasteiger partial charge in [0.15, 0.2) is 11.6 Å². The second-order valence-corrected chi connectivity index (χ2v) is 5.63. The smallest absolute Gasteiger partial charge is 0.265 e. The molecule has 1 aliphatic rings. The van der Waals surface area contributed by atoms with Crippen molar-refractivity contribution >= 4 is 23.7 Å². The number of aromatic nitrogens is 3. The highest BCUT2D eigenvalue weighted by Crippen LogP contribution is 2.25. The van der Waals surface area contributed by atoms with Gasteiger partial charge in [0.2, 0.25) is 0 Å². The molecule has 2 aromatic heterocycles. The molecule has 0 aromatic carbocycles. The van der Waals surface area contributed by atoms with E-state index in [0.717, 1.165) is 25.6 Å². The number of anilines is 3. The van der Waals surface area contributed by atoms with Gasteiger partial charge >= 0.3 is 0 Å². The zero-order valence-corrected chi connectivity index (χ0v) is 13.9. The Morgan fingerprint density at radius 2 is 1.85 bits per heavy atom. The van der Waals surface area contributed by atoms with Gasteiger partial charge < -0.3 is 15.1 Å². The maximum absolute atomic E-state index is 12.6. The van der Waals surface area contributed by atoms with Crippen LogP contribution < -0.4 is 10.2 Å². The van der Waals surface area contributed by atoms with E-state index in [1.165, 1.54) is 18.2 Å². The number of hydrogen-bond donors (Lipinski definition) is 1. The van der Waals surface area contributed by atoms with Crippen LogP contribution in [-0.2, 0) is 4.79 Å². The minimum absolute atomic E-state index is 0.130. The largest absolute Gasteiger partial charge is 0.374 e. The number of allylic oxidation sites excluding steroid dienone is 1. The molecule has 1 fully saturated rings.